The van der Waals surface area contributed by atoms with Crippen LogP contribution in [0.25, 0.3) is 89.7 Å². The van der Waals surface area contributed by atoms with E-state index in [1.165, 1.54) is 57.9 Å². The lowest BCUT2D eigenvalue weighted by Gasteiger charge is -2.33. The van der Waals surface area contributed by atoms with Gasteiger partial charge in [0.25, 0.3) is 41.4 Å². The first kappa shape index (κ1) is 111. The van der Waals surface area contributed by atoms with E-state index in [-0.39, 0.29) is 66.7 Å². The number of aromatic amines is 4. The number of fused-ring (bicyclic) bond motifs is 4. The molecular weight excluding hydrogens is 1910 g/mol. The molecule has 141 heavy (non-hydrogen) atoms. The SMILES string of the molecule is CCCOc1ccc(S(=O)(=O)Cl)cc1-c1nc2c(CCC)cn(CC)c2c(=O)[nH]1.CCCOc1ccc(S(=O)(=O)N2CCC(CCO)CC2)cc1-c1nc2c(CCC)cn(CC)c2c(=O)[nH]1.CCCOc1ccc(S(=O)(=O)N2CCN(CCO)CC2)cc1-c1nc2c(CCC)cn(CC)c2c(=O)[nH]1.CCCOc1ccc(S(=O)(=O)O)cc1-c1nc2c(CCC)cn(CC)c2c(=O)[nH]1.OCCC1CCNCC1. The molecule has 0 radical (unpaired) electrons. The van der Waals surface area contributed by atoms with Gasteiger partial charge in [-0.2, -0.15) is 17.0 Å². The van der Waals surface area contributed by atoms with Gasteiger partial charge in [0, 0.05) is 121 Å². The molecule has 3 fully saturated rings. The van der Waals surface area contributed by atoms with Gasteiger partial charge in [0.15, 0.2) is 0 Å². The van der Waals surface area contributed by atoms with Gasteiger partial charge in [-0.3, -0.25) is 28.6 Å². The summed E-state index contributed by atoms with van der Waals surface area (Å²) in [6, 6.07) is 17.8. The molecular formula is C100H139ClN16O20S4. The molecule has 3 aliphatic rings. The van der Waals surface area contributed by atoms with Crippen molar-refractivity contribution in [2.45, 2.75) is 244 Å². The van der Waals surface area contributed by atoms with E-state index in [9.17, 15) is 67.6 Å². The maximum Gasteiger partial charge on any atom is 0.294 e. The van der Waals surface area contributed by atoms with Crippen LogP contribution in [0.3, 0.4) is 0 Å². The lowest BCUT2D eigenvalue weighted by atomic mass is 9.95. The van der Waals surface area contributed by atoms with Crippen LogP contribution in [0.1, 0.15) is 195 Å². The number of aryl methyl sites for hydroxylation is 8. The number of aliphatic hydroxyl groups is 3. The average Bonchev–Trinajstić information content (AvgIpc) is 1.70. The molecule has 0 aliphatic carbocycles. The van der Waals surface area contributed by atoms with Crippen LogP contribution < -0.4 is 46.5 Å². The quantitative estimate of drug-likeness (QED) is 0.0127. The largest absolute Gasteiger partial charge is 0.493 e. The van der Waals surface area contributed by atoms with Crippen molar-refractivity contribution in [2.24, 2.45) is 11.8 Å². The van der Waals surface area contributed by atoms with E-state index < -0.39 is 39.2 Å². The van der Waals surface area contributed by atoms with Crippen LogP contribution in [0.2, 0.25) is 0 Å². The fourth-order valence-corrected chi connectivity index (χ4v) is 22.0. The van der Waals surface area contributed by atoms with Crippen molar-refractivity contribution in [3.8, 4) is 68.5 Å². The summed E-state index contributed by atoms with van der Waals surface area (Å²) in [5.74, 6) is 3.95. The second kappa shape index (κ2) is 51.7. The van der Waals surface area contributed by atoms with Crippen molar-refractivity contribution in [1.29, 1.82) is 0 Å². The van der Waals surface area contributed by atoms with Gasteiger partial charge in [-0.15, -0.1) is 0 Å². The first-order chi connectivity index (χ1) is 67.7. The van der Waals surface area contributed by atoms with Gasteiger partial charge in [0.05, 0.1) is 96.9 Å². The molecule has 12 aromatic rings. The summed E-state index contributed by atoms with van der Waals surface area (Å²) < 4.78 is 144. The molecule has 15 rings (SSSR count). The van der Waals surface area contributed by atoms with Crippen LogP contribution in [-0.4, -0.2) is 230 Å². The number of aliphatic hydroxyl groups excluding tert-OH is 3. The average molecular weight is 2050 g/mol. The number of aromatic nitrogens is 12. The van der Waals surface area contributed by atoms with Gasteiger partial charge in [0.1, 0.15) is 68.4 Å². The van der Waals surface area contributed by atoms with Gasteiger partial charge in [0.2, 0.25) is 20.0 Å². The van der Waals surface area contributed by atoms with E-state index in [0.29, 0.717) is 218 Å². The topological polar surface area (TPSA) is 479 Å². The molecule has 11 heterocycles. The number of nitrogens with zero attached hydrogens (tertiary/aromatic N) is 11. The molecule has 770 valence electrons. The molecule has 0 spiro atoms. The molecule has 3 aliphatic heterocycles. The van der Waals surface area contributed by atoms with Crippen molar-refractivity contribution in [3.63, 3.8) is 0 Å². The minimum absolute atomic E-state index is 0.0481. The molecule has 0 amide bonds. The highest BCUT2D eigenvalue weighted by Crippen LogP contribution is 2.39. The molecule has 0 saturated carbocycles. The Kier molecular flexibility index (Phi) is 40.6. The number of benzene rings is 4. The fourth-order valence-electron chi connectivity index (χ4n) is 17.8. The fraction of sp³-hybridized carbons (Fsp3) is 0.520. The summed E-state index contributed by atoms with van der Waals surface area (Å²) in [6.07, 6.45) is 23.4. The maximum atomic E-state index is 13.6. The lowest BCUT2D eigenvalue weighted by Crippen LogP contribution is -2.49. The van der Waals surface area contributed by atoms with Crippen LogP contribution in [0.5, 0.6) is 23.0 Å². The number of β-amino-alcohol motifs (C(OH)–C–C–N with tert-alkyl or cyclic N) is 1. The number of piperidine rings is 2. The molecule has 4 aromatic carbocycles. The standard InChI is InChI=1S/C27H38N4O5S.C26H37N5O5S.C20H24ClN3O4S.C20H25N3O5S.C7H15NO/c1-4-7-20-18-30(6-3)25-24(20)28-26(29-27(25)33)22-17-21(8-9-23(22)36-16-5-2)37(34,35)31-13-10-19(11-14-31)12-15-32;1-4-7-19-18-30(6-3)24-23(19)27-25(28-26(24)33)21-17-20(8-9-22(21)36-16-5-2)37(34,35)31-12-10-29(11-13-31)14-15-32;1-4-7-13-12-24(6-3)18-17(13)22-19(23-20(18)25)15-11-14(29(21,26)27)8-9-16(15)28-10-5-2;1-4-7-13-12-23(6-3)18-17(13)21-19(22-20(18)24)15-11-14(29(25,26)27)8-9-16(15)28-10-5-2;9-6-3-7-1-4-8-5-2-7/h8-9,17-19,32H,4-7,10-16H2,1-3H3,(H,28,29,33);8-9,17-18,32H,4-7,10-16H2,1-3H3,(H,27,28,33);8-9,11-12H,4-7,10H2,1-3H3,(H,22,23,25);8-9,11-12H,4-7,10H2,1-3H3,(H,21,22,24)(H,25,26,27);7-9H,1-6H2. The zero-order valence-electron chi connectivity index (χ0n) is 83.0. The first-order valence-electron chi connectivity index (χ1n) is 49.4. The molecule has 3 saturated heterocycles. The van der Waals surface area contributed by atoms with Gasteiger partial charge < -0.3 is 77.8 Å². The van der Waals surface area contributed by atoms with E-state index in [4.69, 9.17) is 49.7 Å². The smallest absolute Gasteiger partial charge is 0.294 e. The molecule has 41 heteroatoms. The minimum Gasteiger partial charge on any atom is -0.493 e. The molecule has 0 unspecified atom stereocenters. The third-order valence-corrected chi connectivity index (χ3v) is 31.0. The highest BCUT2D eigenvalue weighted by molar-refractivity contribution is 8.13. The highest BCUT2D eigenvalue weighted by atomic mass is 35.7. The molecule has 0 atom stereocenters. The van der Waals surface area contributed by atoms with E-state index in [1.807, 2.05) is 103 Å². The van der Waals surface area contributed by atoms with Crippen LogP contribution >= 0.6 is 10.7 Å². The van der Waals surface area contributed by atoms with Crippen LogP contribution in [-0.2, 0) is 91.1 Å². The number of nitrogens with one attached hydrogen (secondary N) is 5. The Balaban J connectivity index is 0.000000175. The molecule has 0 bridgehead atoms. The second-order valence-electron chi connectivity index (χ2n) is 35.2. The Labute approximate surface area is 829 Å². The monoisotopic (exact) mass is 2050 g/mol. The predicted octanol–water partition coefficient (Wildman–Crippen LogP) is 14.2. The number of hydrogen-bond donors (Lipinski definition) is 9. The zero-order chi connectivity index (χ0) is 102. The van der Waals surface area contributed by atoms with E-state index in [0.717, 1.165) is 138 Å². The van der Waals surface area contributed by atoms with Gasteiger partial charge in [-0.05, 0) is 238 Å². The third kappa shape index (κ3) is 27.2. The summed E-state index contributed by atoms with van der Waals surface area (Å²) >= 11 is 0. The van der Waals surface area contributed by atoms with E-state index in [2.05, 4.69) is 57.9 Å². The maximum absolute atomic E-state index is 13.6. The van der Waals surface area contributed by atoms with E-state index >= 15 is 0 Å². The molecule has 9 N–H and O–H groups in total. The highest BCUT2D eigenvalue weighted by Gasteiger charge is 2.34. The van der Waals surface area contributed by atoms with Crippen molar-refractivity contribution < 1.29 is 72.5 Å². The molecule has 36 nitrogen and oxygen atoms in total. The Morgan fingerprint density at radius 1 is 0.369 bits per heavy atom. The summed E-state index contributed by atoms with van der Waals surface area (Å²) in [6.45, 7) is 34.4. The van der Waals surface area contributed by atoms with Gasteiger partial charge in [-0.1, -0.05) is 81.1 Å². The summed E-state index contributed by atoms with van der Waals surface area (Å²) in [5.41, 5.74) is 8.93. The summed E-state index contributed by atoms with van der Waals surface area (Å²) in [4.78, 5) is 84.4. The Morgan fingerprint density at radius 3 is 0.929 bits per heavy atom. The number of H-pyrrole nitrogens is 4. The number of rotatable bonds is 40. The molecule has 8 aromatic heterocycles. The number of hydrogen-bond acceptors (Lipinski definition) is 25. The normalized spacial score (nSPS) is 14.4. The number of halogens is 1. The second-order valence-corrected chi connectivity index (χ2v) is 43.0. The van der Waals surface area contributed by atoms with Gasteiger partial charge >= 0.3 is 0 Å². The first-order valence-corrected chi connectivity index (χ1v) is 56.1. The van der Waals surface area contributed by atoms with E-state index in [1.54, 1.807) is 36.4 Å². The number of sulfonamides is 2. The van der Waals surface area contributed by atoms with Crippen molar-refractivity contribution >= 4 is 94.0 Å². The Bertz CT molecular complexity index is 6580. The number of ether oxygens (including phenoxy) is 4. The van der Waals surface area contributed by atoms with Crippen LogP contribution in [0.15, 0.2) is 136 Å². The summed E-state index contributed by atoms with van der Waals surface area (Å²) in [7, 11) is -10.4. The van der Waals surface area contributed by atoms with Crippen molar-refractivity contribution in [3.05, 3.63) is 161 Å². The Hall–Kier alpha value is -10.5. The van der Waals surface area contributed by atoms with Gasteiger partial charge in [-0.25, -0.2) is 45.2 Å². The third-order valence-electron chi connectivity index (χ3n) is 25.0. The minimum atomic E-state index is -4.42. The summed E-state index contributed by atoms with van der Waals surface area (Å²) in [5, 5.41) is 30.3. The van der Waals surface area contributed by atoms with Crippen molar-refractivity contribution in [1.82, 2.24) is 77.0 Å². The predicted molar refractivity (Wildman–Crippen MR) is 551 cm³/mol. The van der Waals surface area contributed by atoms with Crippen molar-refractivity contribution in [2.75, 3.05) is 105 Å². The van der Waals surface area contributed by atoms with Crippen LogP contribution in [0, 0.1) is 11.8 Å². The Morgan fingerprint density at radius 2 is 0.652 bits per heavy atom. The number of piperazine rings is 1. The lowest BCUT2D eigenvalue weighted by molar-refractivity contribution is 0.151. The zero-order valence-corrected chi connectivity index (χ0v) is 87.0. The van der Waals surface area contributed by atoms with Crippen LogP contribution in [0.4, 0.5) is 0 Å².